The Kier molecular flexibility index (Phi) is 5.55. The monoisotopic (exact) mass is 275 g/mol. The zero-order valence-electron chi connectivity index (χ0n) is 8.09. The molecule has 0 aliphatic rings. The van der Waals surface area contributed by atoms with Gasteiger partial charge in [-0.05, 0) is 43.0 Å². The van der Waals surface area contributed by atoms with Crippen LogP contribution in [0.15, 0.2) is 27.6 Å². The SMILES string of the molecule is Cc1ccc(SNCCCO)cc1Br. The van der Waals surface area contributed by atoms with Crippen LogP contribution in [-0.4, -0.2) is 18.3 Å². The first-order valence-electron chi connectivity index (χ1n) is 4.51. The van der Waals surface area contributed by atoms with Crippen LogP contribution in [0.5, 0.6) is 0 Å². The number of benzene rings is 1. The van der Waals surface area contributed by atoms with E-state index in [1.807, 2.05) is 0 Å². The molecule has 0 aliphatic carbocycles. The van der Waals surface area contributed by atoms with Crippen molar-refractivity contribution in [3.63, 3.8) is 0 Å². The van der Waals surface area contributed by atoms with Crippen LogP contribution in [0, 0.1) is 6.92 Å². The molecule has 2 nitrogen and oxygen atoms in total. The number of hydrogen-bond acceptors (Lipinski definition) is 3. The molecule has 0 bridgehead atoms. The highest BCUT2D eigenvalue weighted by atomic mass is 79.9. The molecule has 0 aliphatic heterocycles. The summed E-state index contributed by atoms with van der Waals surface area (Å²) in [5.74, 6) is 0. The fourth-order valence-electron chi connectivity index (χ4n) is 0.923. The second kappa shape index (κ2) is 6.45. The van der Waals surface area contributed by atoms with Crippen LogP contribution in [0.1, 0.15) is 12.0 Å². The maximum absolute atomic E-state index is 8.59. The molecule has 1 rings (SSSR count). The molecule has 0 fully saturated rings. The lowest BCUT2D eigenvalue weighted by atomic mass is 10.2. The lowest BCUT2D eigenvalue weighted by Gasteiger charge is -2.04. The molecule has 2 N–H and O–H groups in total. The minimum atomic E-state index is 0.241. The van der Waals surface area contributed by atoms with Crippen LogP contribution in [0.3, 0.4) is 0 Å². The molecule has 0 aromatic heterocycles. The molecule has 0 amide bonds. The third-order valence-electron chi connectivity index (χ3n) is 1.77. The van der Waals surface area contributed by atoms with Gasteiger partial charge in [0, 0.05) is 22.5 Å². The molecule has 78 valence electrons. The molecule has 14 heavy (non-hydrogen) atoms. The zero-order valence-corrected chi connectivity index (χ0v) is 10.5. The standard InChI is InChI=1S/C10H14BrNOS/c1-8-3-4-9(7-10(8)11)14-12-5-2-6-13/h3-4,7,12-13H,2,5-6H2,1H3. The van der Waals surface area contributed by atoms with E-state index in [-0.39, 0.29) is 6.61 Å². The lowest BCUT2D eigenvalue weighted by molar-refractivity contribution is 0.290. The third kappa shape index (κ3) is 4.00. The first kappa shape index (κ1) is 12.0. The van der Waals surface area contributed by atoms with E-state index in [2.05, 4.69) is 45.8 Å². The summed E-state index contributed by atoms with van der Waals surface area (Å²) in [6, 6.07) is 6.25. The van der Waals surface area contributed by atoms with Crippen molar-refractivity contribution in [1.82, 2.24) is 4.72 Å². The van der Waals surface area contributed by atoms with Crippen molar-refractivity contribution in [3.8, 4) is 0 Å². The van der Waals surface area contributed by atoms with Crippen molar-refractivity contribution in [3.05, 3.63) is 28.2 Å². The molecule has 0 unspecified atom stereocenters. The number of aryl methyl sites for hydroxylation is 1. The van der Waals surface area contributed by atoms with Gasteiger partial charge in [-0.25, -0.2) is 0 Å². The van der Waals surface area contributed by atoms with Gasteiger partial charge >= 0.3 is 0 Å². The van der Waals surface area contributed by atoms with Gasteiger partial charge in [-0.1, -0.05) is 22.0 Å². The Morgan fingerprint density at radius 3 is 2.93 bits per heavy atom. The van der Waals surface area contributed by atoms with Gasteiger partial charge in [0.15, 0.2) is 0 Å². The average Bonchev–Trinajstić information content (AvgIpc) is 2.18. The summed E-state index contributed by atoms with van der Waals surface area (Å²) in [5.41, 5.74) is 1.24. The largest absolute Gasteiger partial charge is 0.396 e. The molecule has 0 atom stereocenters. The summed E-state index contributed by atoms with van der Waals surface area (Å²) in [6.07, 6.45) is 0.792. The predicted octanol–water partition coefficient (Wildman–Crippen LogP) is 2.74. The lowest BCUT2D eigenvalue weighted by Crippen LogP contribution is -2.06. The summed E-state index contributed by atoms with van der Waals surface area (Å²) in [5, 5.41) is 8.59. The Balaban J connectivity index is 2.39. The van der Waals surface area contributed by atoms with Crippen LogP contribution in [0.25, 0.3) is 0 Å². The van der Waals surface area contributed by atoms with Crippen molar-refractivity contribution in [1.29, 1.82) is 0 Å². The zero-order chi connectivity index (χ0) is 10.4. The van der Waals surface area contributed by atoms with Gasteiger partial charge in [-0.15, -0.1) is 0 Å². The molecule has 1 aromatic rings. The minimum Gasteiger partial charge on any atom is -0.396 e. The fourth-order valence-corrected chi connectivity index (χ4v) is 2.18. The van der Waals surface area contributed by atoms with Gasteiger partial charge in [-0.3, -0.25) is 4.72 Å². The van der Waals surface area contributed by atoms with Crippen molar-refractivity contribution in [2.45, 2.75) is 18.2 Å². The first-order chi connectivity index (χ1) is 6.74. The Labute approximate surface area is 97.4 Å². The van der Waals surface area contributed by atoms with E-state index in [0.29, 0.717) is 0 Å². The van der Waals surface area contributed by atoms with E-state index in [0.717, 1.165) is 17.4 Å². The van der Waals surface area contributed by atoms with Gasteiger partial charge in [0.05, 0.1) is 0 Å². The summed E-state index contributed by atoms with van der Waals surface area (Å²) >= 11 is 5.08. The summed E-state index contributed by atoms with van der Waals surface area (Å²) in [7, 11) is 0. The van der Waals surface area contributed by atoms with Crippen molar-refractivity contribution in [2.75, 3.05) is 13.2 Å². The smallest absolute Gasteiger partial charge is 0.0443 e. The van der Waals surface area contributed by atoms with E-state index < -0.39 is 0 Å². The average molecular weight is 276 g/mol. The second-order valence-electron chi connectivity index (χ2n) is 2.98. The van der Waals surface area contributed by atoms with Gasteiger partial charge in [-0.2, -0.15) is 0 Å². The predicted molar refractivity (Wildman–Crippen MR) is 64.4 cm³/mol. The van der Waals surface area contributed by atoms with Crippen LogP contribution in [0.4, 0.5) is 0 Å². The highest BCUT2D eigenvalue weighted by Gasteiger charge is 1.97. The van der Waals surface area contributed by atoms with Crippen LogP contribution in [0.2, 0.25) is 0 Å². The summed E-state index contributed by atoms with van der Waals surface area (Å²) in [4.78, 5) is 1.18. The summed E-state index contributed by atoms with van der Waals surface area (Å²) < 4.78 is 4.32. The second-order valence-corrected chi connectivity index (χ2v) is 4.80. The Morgan fingerprint density at radius 1 is 1.50 bits per heavy atom. The fraction of sp³-hybridized carbons (Fsp3) is 0.400. The van der Waals surface area contributed by atoms with E-state index in [1.165, 1.54) is 10.5 Å². The number of nitrogens with one attached hydrogen (secondary N) is 1. The topological polar surface area (TPSA) is 32.3 Å². The number of hydrogen-bond donors (Lipinski definition) is 2. The molecule has 4 heteroatoms. The van der Waals surface area contributed by atoms with E-state index in [1.54, 1.807) is 11.9 Å². The number of aliphatic hydroxyl groups is 1. The van der Waals surface area contributed by atoms with Crippen molar-refractivity contribution < 1.29 is 5.11 Å². The number of halogens is 1. The number of rotatable bonds is 5. The van der Waals surface area contributed by atoms with E-state index in [4.69, 9.17) is 5.11 Å². The highest BCUT2D eigenvalue weighted by Crippen LogP contribution is 2.22. The molecule has 0 radical (unpaired) electrons. The van der Waals surface area contributed by atoms with Gasteiger partial charge in [0.25, 0.3) is 0 Å². The van der Waals surface area contributed by atoms with Crippen LogP contribution < -0.4 is 4.72 Å². The van der Waals surface area contributed by atoms with E-state index in [9.17, 15) is 0 Å². The van der Waals surface area contributed by atoms with E-state index >= 15 is 0 Å². The van der Waals surface area contributed by atoms with Crippen LogP contribution >= 0.6 is 27.9 Å². The highest BCUT2D eigenvalue weighted by molar-refractivity contribution is 9.10. The molecule has 1 aromatic carbocycles. The van der Waals surface area contributed by atoms with Crippen molar-refractivity contribution >= 4 is 27.9 Å². The molecular weight excluding hydrogens is 262 g/mol. The van der Waals surface area contributed by atoms with Gasteiger partial charge in [0.1, 0.15) is 0 Å². The maximum Gasteiger partial charge on any atom is 0.0443 e. The minimum absolute atomic E-state index is 0.241. The molecule has 0 saturated carbocycles. The molecule has 0 heterocycles. The Morgan fingerprint density at radius 2 is 2.29 bits per heavy atom. The first-order valence-corrected chi connectivity index (χ1v) is 6.11. The Bertz CT molecular complexity index is 293. The van der Waals surface area contributed by atoms with Crippen LogP contribution in [-0.2, 0) is 0 Å². The summed E-state index contributed by atoms with van der Waals surface area (Å²) in [6.45, 7) is 3.13. The molecule has 0 spiro atoms. The molecular formula is C10H14BrNOS. The van der Waals surface area contributed by atoms with Gasteiger partial charge in [0.2, 0.25) is 0 Å². The normalized spacial score (nSPS) is 10.5. The van der Waals surface area contributed by atoms with Gasteiger partial charge < -0.3 is 5.11 Å². The third-order valence-corrected chi connectivity index (χ3v) is 3.46. The molecule has 0 saturated heterocycles. The maximum atomic E-state index is 8.59. The Hall–Kier alpha value is -0.0300. The quantitative estimate of drug-likeness (QED) is 0.640. The van der Waals surface area contributed by atoms with Crippen molar-refractivity contribution in [2.24, 2.45) is 0 Å². The number of aliphatic hydroxyl groups excluding tert-OH is 1.